The zero-order chi connectivity index (χ0) is 20.9. The number of amides is 1. The number of thiazole rings is 1. The van der Waals surface area contributed by atoms with E-state index < -0.39 is 6.09 Å². The summed E-state index contributed by atoms with van der Waals surface area (Å²) in [6.45, 7) is 2.44. The van der Waals surface area contributed by atoms with E-state index in [1.807, 2.05) is 16.9 Å². The minimum atomic E-state index is -0.605. The number of ether oxygens (including phenoxy) is 1. The van der Waals surface area contributed by atoms with Gasteiger partial charge in [-0.3, -0.25) is 15.0 Å². The number of hydrogen-bond acceptors (Lipinski definition) is 6. The van der Waals surface area contributed by atoms with Crippen molar-refractivity contribution in [1.82, 2.24) is 19.7 Å². The summed E-state index contributed by atoms with van der Waals surface area (Å²) in [5.41, 5.74) is 2.89. The van der Waals surface area contributed by atoms with Crippen molar-refractivity contribution >= 4 is 23.1 Å². The van der Waals surface area contributed by atoms with Crippen LogP contribution in [0.5, 0.6) is 5.06 Å². The molecule has 4 aromatic rings. The zero-order valence-electron chi connectivity index (χ0n) is 16.1. The number of aryl methyl sites for hydroxylation is 3. The van der Waals surface area contributed by atoms with Gasteiger partial charge in [0.25, 0.3) is 0 Å². The standard InChI is InChI=1S/C21H18FN5O2S/c1-14-20(29-21(28)25-17-3-2-10-23-13-17)30-19(24-14)18-9-12-27(26-18)11-8-15-4-6-16(22)7-5-15/h2-7,9-10,12-13H,8,11H2,1H3,(H,25,28). The predicted octanol–water partition coefficient (Wildman–Crippen LogP) is 4.70. The highest BCUT2D eigenvalue weighted by Crippen LogP contribution is 2.33. The molecule has 0 fully saturated rings. The summed E-state index contributed by atoms with van der Waals surface area (Å²) in [7, 11) is 0. The normalized spacial score (nSPS) is 10.7. The SMILES string of the molecule is Cc1nc(-c2ccn(CCc3ccc(F)cc3)n2)sc1OC(=O)Nc1cccnc1. The van der Waals surface area contributed by atoms with Crippen LogP contribution < -0.4 is 10.1 Å². The first-order chi connectivity index (χ1) is 14.6. The number of nitrogens with one attached hydrogen (secondary N) is 1. The summed E-state index contributed by atoms with van der Waals surface area (Å²) in [4.78, 5) is 20.5. The second-order valence-corrected chi connectivity index (χ2v) is 7.45. The monoisotopic (exact) mass is 423 g/mol. The average Bonchev–Trinajstić information content (AvgIpc) is 3.35. The number of hydrogen-bond donors (Lipinski definition) is 1. The molecule has 0 spiro atoms. The van der Waals surface area contributed by atoms with Gasteiger partial charge in [-0.2, -0.15) is 5.10 Å². The Morgan fingerprint density at radius 3 is 2.83 bits per heavy atom. The zero-order valence-corrected chi connectivity index (χ0v) is 16.9. The van der Waals surface area contributed by atoms with Gasteiger partial charge in [-0.25, -0.2) is 14.2 Å². The third-order valence-corrected chi connectivity index (χ3v) is 5.31. The Morgan fingerprint density at radius 2 is 2.07 bits per heavy atom. The van der Waals surface area contributed by atoms with Crippen molar-refractivity contribution in [2.45, 2.75) is 19.9 Å². The summed E-state index contributed by atoms with van der Waals surface area (Å²) in [5, 5.41) is 8.23. The van der Waals surface area contributed by atoms with Gasteiger partial charge in [0.05, 0.1) is 17.6 Å². The van der Waals surface area contributed by atoms with E-state index in [-0.39, 0.29) is 5.82 Å². The van der Waals surface area contributed by atoms with E-state index in [0.717, 1.165) is 12.0 Å². The fraction of sp³-hybridized carbons (Fsp3) is 0.143. The third-order valence-electron chi connectivity index (χ3n) is 4.25. The highest BCUT2D eigenvalue weighted by molar-refractivity contribution is 7.17. The van der Waals surface area contributed by atoms with Crippen LogP contribution in [0, 0.1) is 12.7 Å². The first kappa shape index (κ1) is 19.7. The van der Waals surface area contributed by atoms with Gasteiger partial charge in [0, 0.05) is 18.9 Å². The van der Waals surface area contributed by atoms with E-state index in [1.165, 1.54) is 29.7 Å². The van der Waals surface area contributed by atoms with Crippen LogP contribution >= 0.6 is 11.3 Å². The van der Waals surface area contributed by atoms with Gasteiger partial charge in [0.2, 0.25) is 5.06 Å². The summed E-state index contributed by atoms with van der Waals surface area (Å²) < 4.78 is 20.2. The number of benzene rings is 1. The molecule has 4 rings (SSSR count). The lowest BCUT2D eigenvalue weighted by molar-refractivity contribution is 0.216. The molecule has 3 aromatic heterocycles. The minimum absolute atomic E-state index is 0.244. The molecule has 0 atom stereocenters. The molecule has 0 radical (unpaired) electrons. The largest absolute Gasteiger partial charge is 0.418 e. The highest BCUT2D eigenvalue weighted by atomic mass is 32.1. The lowest BCUT2D eigenvalue weighted by Crippen LogP contribution is -2.16. The van der Waals surface area contributed by atoms with E-state index in [9.17, 15) is 9.18 Å². The Balaban J connectivity index is 1.39. The molecule has 0 unspecified atom stereocenters. The maximum absolute atomic E-state index is 13.0. The van der Waals surface area contributed by atoms with Gasteiger partial charge < -0.3 is 4.74 Å². The fourth-order valence-corrected chi connectivity index (χ4v) is 3.63. The van der Waals surface area contributed by atoms with Crippen molar-refractivity contribution in [3.63, 3.8) is 0 Å². The topological polar surface area (TPSA) is 81.9 Å². The van der Waals surface area contributed by atoms with Crippen molar-refractivity contribution < 1.29 is 13.9 Å². The number of carbonyl (C=O) groups is 1. The number of halogens is 1. The van der Waals surface area contributed by atoms with Crippen molar-refractivity contribution in [2.75, 3.05) is 5.32 Å². The van der Waals surface area contributed by atoms with Crippen molar-refractivity contribution in [3.8, 4) is 15.8 Å². The molecule has 0 aliphatic carbocycles. The summed E-state index contributed by atoms with van der Waals surface area (Å²) >= 11 is 1.25. The number of anilines is 1. The smallest absolute Gasteiger partial charge is 0.397 e. The number of aromatic nitrogens is 4. The Morgan fingerprint density at radius 1 is 1.23 bits per heavy atom. The van der Waals surface area contributed by atoms with Gasteiger partial charge in [-0.05, 0) is 49.2 Å². The predicted molar refractivity (Wildman–Crippen MR) is 112 cm³/mol. The Hall–Kier alpha value is -3.59. The number of pyridine rings is 1. The van der Waals surface area contributed by atoms with Gasteiger partial charge in [-0.1, -0.05) is 23.5 Å². The summed E-state index contributed by atoms with van der Waals surface area (Å²) in [6, 6.07) is 11.7. The molecule has 152 valence electrons. The average molecular weight is 423 g/mol. The lowest BCUT2D eigenvalue weighted by Gasteiger charge is -2.04. The third kappa shape index (κ3) is 4.87. The molecule has 1 amide bonds. The van der Waals surface area contributed by atoms with Crippen LogP contribution in [0.3, 0.4) is 0 Å². The van der Waals surface area contributed by atoms with E-state index in [1.54, 1.807) is 37.4 Å². The molecule has 0 saturated heterocycles. The first-order valence-corrected chi connectivity index (χ1v) is 10.0. The van der Waals surface area contributed by atoms with Crippen molar-refractivity contribution in [1.29, 1.82) is 0 Å². The number of nitrogens with zero attached hydrogens (tertiary/aromatic N) is 4. The molecule has 0 aliphatic rings. The quantitative estimate of drug-likeness (QED) is 0.486. The van der Waals surface area contributed by atoms with Gasteiger partial charge in [0.1, 0.15) is 16.5 Å². The Kier molecular flexibility index (Phi) is 5.80. The van der Waals surface area contributed by atoms with Crippen LogP contribution in [0.25, 0.3) is 10.7 Å². The second-order valence-electron chi connectivity index (χ2n) is 6.49. The molecule has 1 N–H and O–H groups in total. The van der Waals surface area contributed by atoms with Gasteiger partial charge in [-0.15, -0.1) is 0 Å². The molecular formula is C21H18FN5O2S. The van der Waals surface area contributed by atoms with Crippen molar-refractivity contribution in [2.24, 2.45) is 0 Å². The van der Waals surface area contributed by atoms with E-state index >= 15 is 0 Å². The molecular weight excluding hydrogens is 405 g/mol. The molecule has 0 aliphatic heterocycles. The van der Waals surface area contributed by atoms with Crippen LogP contribution in [0.2, 0.25) is 0 Å². The molecule has 7 nitrogen and oxygen atoms in total. The maximum atomic E-state index is 13.0. The van der Waals surface area contributed by atoms with Crippen molar-refractivity contribution in [3.05, 3.63) is 78.1 Å². The molecule has 0 bridgehead atoms. The van der Waals surface area contributed by atoms with E-state index in [4.69, 9.17) is 4.74 Å². The maximum Gasteiger partial charge on any atom is 0.418 e. The van der Waals surface area contributed by atoms with Gasteiger partial charge >= 0.3 is 6.09 Å². The second kappa shape index (κ2) is 8.83. The molecule has 1 aromatic carbocycles. The molecule has 3 heterocycles. The number of carbonyl (C=O) groups excluding carboxylic acids is 1. The van der Waals surface area contributed by atoms with Crippen LogP contribution in [0.1, 0.15) is 11.3 Å². The van der Waals surface area contributed by atoms with E-state index in [0.29, 0.717) is 33.7 Å². The first-order valence-electron chi connectivity index (χ1n) is 9.21. The lowest BCUT2D eigenvalue weighted by atomic mass is 10.1. The fourth-order valence-electron chi connectivity index (χ4n) is 2.75. The summed E-state index contributed by atoms with van der Waals surface area (Å²) in [6.07, 6.45) is 5.15. The van der Waals surface area contributed by atoms with Gasteiger partial charge in [0.15, 0.2) is 0 Å². The number of rotatable bonds is 6. The van der Waals surface area contributed by atoms with Crippen LogP contribution in [0.4, 0.5) is 14.9 Å². The Bertz CT molecular complexity index is 1140. The van der Waals surface area contributed by atoms with Crippen LogP contribution in [-0.2, 0) is 13.0 Å². The van der Waals surface area contributed by atoms with E-state index in [2.05, 4.69) is 20.4 Å². The van der Waals surface area contributed by atoms with Crippen LogP contribution in [0.15, 0.2) is 61.1 Å². The highest BCUT2D eigenvalue weighted by Gasteiger charge is 2.16. The Labute approximate surface area is 176 Å². The molecule has 0 saturated carbocycles. The summed E-state index contributed by atoms with van der Waals surface area (Å²) in [5.74, 6) is -0.244. The van der Waals surface area contributed by atoms with Crippen LogP contribution in [-0.4, -0.2) is 25.8 Å². The molecule has 9 heteroatoms. The molecule has 30 heavy (non-hydrogen) atoms. The minimum Gasteiger partial charge on any atom is -0.397 e.